The van der Waals surface area contributed by atoms with E-state index in [1.54, 1.807) is 7.05 Å². The minimum atomic E-state index is 0.217. The minimum absolute atomic E-state index is 0.217. The maximum atomic E-state index is 12.4. The highest BCUT2D eigenvalue weighted by atomic mass is 16.5. The predicted molar refractivity (Wildman–Crippen MR) is 110 cm³/mol. The van der Waals surface area contributed by atoms with Crippen LogP contribution < -0.4 is 10.6 Å². The summed E-state index contributed by atoms with van der Waals surface area (Å²) in [5, 5.41) is 6.49. The zero-order valence-corrected chi connectivity index (χ0v) is 17.0. The molecular formula is C21H34N4O2. The Morgan fingerprint density at radius 3 is 2.44 bits per heavy atom. The van der Waals surface area contributed by atoms with E-state index in [9.17, 15) is 4.79 Å². The number of guanidine groups is 1. The van der Waals surface area contributed by atoms with E-state index in [0.717, 1.165) is 51.6 Å². The van der Waals surface area contributed by atoms with Crippen LogP contribution in [-0.4, -0.2) is 50.1 Å². The van der Waals surface area contributed by atoms with Gasteiger partial charge in [0.05, 0.1) is 6.61 Å². The van der Waals surface area contributed by atoms with Crippen LogP contribution in [0, 0.1) is 5.92 Å². The Bertz CT molecular complexity index is 591. The van der Waals surface area contributed by atoms with Gasteiger partial charge in [0, 0.05) is 46.3 Å². The number of ether oxygens (including phenoxy) is 1. The molecule has 1 aliphatic rings. The van der Waals surface area contributed by atoms with Crippen molar-refractivity contribution >= 4 is 11.9 Å². The minimum Gasteiger partial charge on any atom is -0.380 e. The molecule has 1 amide bonds. The molecule has 0 aromatic heterocycles. The SMILES string of the molecule is CN=C(NCCCC(=O)N1Cc2ccccc2C1)NCCOCCC(C)C. The van der Waals surface area contributed by atoms with E-state index in [0.29, 0.717) is 18.9 Å². The topological polar surface area (TPSA) is 66.0 Å². The molecule has 1 aromatic rings. The van der Waals surface area contributed by atoms with Crippen molar-refractivity contribution in [1.29, 1.82) is 0 Å². The standard InChI is InChI=1S/C21H34N4O2/c1-17(2)10-13-27-14-12-24-21(22-3)23-11-6-9-20(26)25-15-18-7-4-5-8-19(18)16-25/h4-5,7-8,17H,6,9-16H2,1-3H3,(H2,22,23,24). The van der Waals surface area contributed by atoms with E-state index < -0.39 is 0 Å². The molecule has 2 N–H and O–H groups in total. The Morgan fingerprint density at radius 2 is 1.81 bits per heavy atom. The molecule has 0 saturated carbocycles. The number of carbonyl (C=O) groups is 1. The number of fused-ring (bicyclic) bond motifs is 1. The van der Waals surface area contributed by atoms with Gasteiger partial charge in [-0.2, -0.15) is 0 Å². The highest BCUT2D eigenvalue weighted by Gasteiger charge is 2.22. The summed E-state index contributed by atoms with van der Waals surface area (Å²) in [5.74, 6) is 1.64. The average Bonchev–Trinajstić information content (AvgIpc) is 3.10. The van der Waals surface area contributed by atoms with Crippen molar-refractivity contribution < 1.29 is 9.53 Å². The molecule has 150 valence electrons. The van der Waals surface area contributed by atoms with Gasteiger partial charge in [0.1, 0.15) is 0 Å². The normalized spacial score (nSPS) is 13.8. The van der Waals surface area contributed by atoms with E-state index in [1.807, 2.05) is 17.0 Å². The zero-order valence-electron chi connectivity index (χ0n) is 17.0. The van der Waals surface area contributed by atoms with Crippen LogP contribution in [0.25, 0.3) is 0 Å². The van der Waals surface area contributed by atoms with Crippen LogP contribution in [0.4, 0.5) is 0 Å². The maximum absolute atomic E-state index is 12.4. The molecule has 2 rings (SSSR count). The summed E-state index contributed by atoms with van der Waals surface area (Å²) in [4.78, 5) is 18.5. The van der Waals surface area contributed by atoms with E-state index in [4.69, 9.17) is 4.74 Å². The second-order valence-corrected chi connectivity index (χ2v) is 7.34. The Kier molecular flexibility index (Phi) is 9.11. The van der Waals surface area contributed by atoms with Gasteiger partial charge in [0.25, 0.3) is 0 Å². The quantitative estimate of drug-likeness (QED) is 0.375. The lowest BCUT2D eigenvalue weighted by molar-refractivity contribution is -0.131. The summed E-state index contributed by atoms with van der Waals surface area (Å²) in [7, 11) is 1.75. The molecule has 0 spiro atoms. The van der Waals surface area contributed by atoms with Crippen molar-refractivity contribution in [2.45, 2.75) is 46.2 Å². The zero-order chi connectivity index (χ0) is 19.5. The Labute approximate surface area is 163 Å². The van der Waals surface area contributed by atoms with Gasteiger partial charge in [-0.1, -0.05) is 38.1 Å². The molecule has 1 aliphatic heterocycles. The van der Waals surface area contributed by atoms with Crippen molar-refractivity contribution in [3.8, 4) is 0 Å². The van der Waals surface area contributed by atoms with Crippen molar-refractivity contribution in [2.75, 3.05) is 33.4 Å². The highest BCUT2D eigenvalue weighted by molar-refractivity contribution is 5.80. The molecule has 1 aromatic carbocycles. The molecule has 0 atom stereocenters. The lowest BCUT2D eigenvalue weighted by Crippen LogP contribution is -2.39. The van der Waals surface area contributed by atoms with Crippen LogP contribution in [0.2, 0.25) is 0 Å². The number of hydrogen-bond donors (Lipinski definition) is 2. The van der Waals surface area contributed by atoms with Crippen LogP contribution in [0.3, 0.4) is 0 Å². The monoisotopic (exact) mass is 374 g/mol. The number of aliphatic imine (C=N–C) groups is 1. The fraction of sp³-hybridized carbons (Fsp3) is 0.619. The van der Waals surface area contributed by atoms with Gasteiger partial charge in [-0.3, -0.25) is 9.79 Å². The first-order valence-corrected chi connectivity index (χ1v) is 9.97. The van der Waals surface area contributed by atoms with Crippen molar-refractivity contribution in [2.24, 2.45) is 10.9 Å². The predicted octanol–water partition coefficient (Wildman–Crippen LogP) is 2.54. The number of nitrogens with one attached hydrogen (secondary N) is 2. The van der Waals surface area contributed by atoms with Crippen LogP contribution in [0.5, 0.6) is 0 Å². The van der Waals surface area contributed by atoms with Crippen LogP contribution in [0.1, 0.15) is 44.2 Å². The van der Waals surface area contributed by atoms with Gasteiger partial charge >= 0.3 is 0 Å². The summed E-state index contributed by atoms with van der Waals surface area (Å²) >= 11 is 0. The first-order chi connectivity index (χ1) is 13.1. The third kappa shape index (κ3) is 7.59. The molecule has 1 heterocycles. The number of rotatable bonds is 10. The number of benzene rings is 1. The molecule has 0 radical (unpaired) electrons. The third-order valence-electron chi connectivity index (χ3n) is 4.66. The lowest BCUT2D eigenvalue weighted by atomic mass is 10.1. The molecule has 0 fully saturated rings. The number of amides is 1. The van der Waals surface area contributed by atoms with E-state index in [1.165, 1.54) is 11.1 Å². The van der Waals surface area contributed by atoms with Gasteiger partial charge in [-0.25, -0.2) is 0 Å². The molecule has 27 heavy (non-hydrogen) atoms. The molecular weight excluding hydrogens is 340 g/mol. The van der Waals surface area contributed by atoms with Gasteiger partial charge < -0.3 is 20.3 Å². The van der Waals surface area contributed by atoms with Crippen LogP contribution >= 0.6 is 0 Å². The lowest BCUT2D eigenvalue weighted by Gasteiger charge is -2.16. The summed E-state index contributed by atoms with van der Waals surface area (Å²) in [6.45, 7) is 8.78. The van der Waals surface area contributed by atoms with Gasteiger partial charge in [0.15, 0.2) is 5.96 Å². The Balaban J connectivity index is 1.54. The fourth-order valence-corrected chi connectivity index (χ4v) is 3.00. The summed E-state index contributed by atoms with van der Waals surface area (Å²) in [6.07, 6.45) is 2.43. The highest BCUT2D eigenvalue weighted by Crippen LogP contribution is 2.22. The molecule has 6 heteroatoms. The van der Waals surface area contributed by atoms with Gasteiger partial charge in [-0.15, -0.1) is 0 Å². The molecule has 0 unspecified atom stereocenters. The second-order valence-electron chi connectivity index (χ2n) is 7.34. The van der Waals surface area contributed by atoms with E-state index in [-0.39, 0.29) is 5.91 Å². The van der Waals surface area contributed by atoms with E-state index in [2.05, 4.69) is 41.6 Å². The molecule has 0 aliphatic carbocycles. The van der Waals surface area contributed by atoms with Crippen LogP contribution in [0.15, 0.2) is 29.3 Å². The van der Waals surface area contributed by atoms with Crippen LogP contribution in [-0.2, 0) is 22.6 Å². The van der Waals surface area contributed by atoms with E-state index >= 15 is 0 Å². The third-order valence-corrected chi connectivity index (χ3v) is 4.66. The van der Waals surface area contributed by atoms with Gasteiger partial charge in [-0.05, 0) is 29.9 Å². The fourth-order valence-electron chi connectivity index (χ4n) is 3.00. The maximum Gasteiger partial charge on any atom is 0.223 e. The Hall–Kier alpha value is -2.08. The smallest absolute Gasteiger partial charge is 0.223 e. The summed E-state index contributed by atoms with van der Waals surface area (Å²) in [5.41, 5.74) is 2.54. The number of nitrogens with zero attached hydrogens (tertiary/aromatic N) is 2. The summed E-state index contributed by atoms with van der Waals surface area (Å²) in [6, 6.07) is 8.27. The second kappa shape index (κ2) is 11.6. The molecule has 0 saturated heterocycles. The molecule has 0 bridgehead atoms. The van der Waals surface area contributed by atoms with Crippen molar-refractivity contribution in [1.82, 2.24) is 15.5 Å². The first kappa shape index (κ1) is 21.2. The Morgan fingerprint density at radius 1 is 1.15 bits per heavy atom. The van der Waals surface area contributed by atoms with Crippen molar-refractivity contribution in [3.63, 3.8) is 0 Å². The average molecular weight is 375 g/mol. The van der Waals surface area contributed by atoms with Gasteiger partial charge in [0.2, 0.25) is 5.91 Å². The molecule has 6 nitrogen and oxygen atoms in total. The van der Waals surface area contributed by atoms with Crippen molar-refractivity contribution in [3.05, 3.63) is 35.4 Å². The number of carbonyl (C=O) groups excluding carboxylic acids is 1. The number of hydrogen-bond acceptors (Lipinski definition) is 3. The first-order valence-electron chi connectivity index (χ1n) is 9.97. The summed E-state index contributed by atoms with van der Waals surface area (Å²) < 4.78 is 5.58. The largest absolute Gasteiger partial charge is 0.380 e.